The Morgan fingerprint density at radius 2 is 2.12 bits per heavy atom. The lowest BCUT2D eigenvalue weighted by molar-refractivity contribution is 0.0694. The molecule has 7 heteroatoms. The molecule has 86 valence electrons. The van der Waals surface area contributed by atoms with E-state index in [4.69, 9.17) is 21.4 Å². The van der Waals surface area contributed by atoms with Crippen LogP contribution in [0.5, 0.6) is 11.6 Å². The molecule has 0 spiro atoms. The van der Waals surface area contributed by atoms with Crippen LogP contribution in [0.25, 0.3) is 0 Å². The third-order valence-corrected chi connectivity index (χ3v) is 2.04. The van der Waals surface area contributed by atoms with Crippen LogP contribution >= 0.6 is 11.6 Å². The maximum Gasteiger partial charge on any atom is 0.339 e. The number of rotatable bonds is 3. The van der Waals surface area contributed by atoms with Crippen LogP contribution < -0.4 is 4.74 Å². The number of halogens is 1. The van der Waals surface area contributed by atoms with Crippen LogP contribution in [-0.2, 0) is 0 Å². The summed E-state index contributed by atoms with van der Waals surface area (Å²) in [6.07, 6.45) is 2.66. The average molecular weight is 252 g/mol. The van der Waals surface area contributed by atoms with Gasteiger partial charge < -0.3 is 9.84 Å². The fourth-order valence-corrected chi connectivity index (χ4v) is 1.21. The molecule has 0 aromatic carbocycles. The third-order valence-electron chi connectivity index (χ3n) is 1.84. The number of nitrogens with zero attached hydrogens (tertiary/aromatic N) is 3. The van der Waals surface area contributed by atoms with Gasteiger partial charge in [-0.1, -0.05) is 11.6 Å². The smallest absolute Gasteiger partial charge is 0.339 e. The second-order valence-corrected chi connectivity index (χ2v) is 3.36. The molecule has 6 nitrogen and oxygen atoms in total. The SMILES string of the molecule is O=C(O)c1ccncc1Oc1ccc(Cl)nn1. The van der Waals surface area contributed by atoms with Gasteiger partial charge >= 0.3 is 5.97 Å². The zero-order chi connectivity index (χ0) is 12.3. The molecule has 0 aliphatic carbocycles. The van der Waals surface area contributed by atoms with Gasteiger partial charge in [-0.05, 0) is 12.1 Å². The van der Waals surface area contributed by atoms with Gasteiger partial charge in [0.15, 0.2) is 10.9 Å². The molecular formula is C10H6ClN3O3. The van der Waals surface area contributed by atoms with E-state index in [0.29, 0.717) is 0 Å². The second kappa shape index (κ2) is 4.75. The van der Waals surface area contributed by atoms with Crippen LogP contribution in [0.2, 0.25) is 5.15 Å². The number of carboxylic acids is 1. The van der Waals surface area contributed by atoms with E-state index in [0.717, 1.165) is 0 Å². The number of aromatic nitrogens is 3. The first kappa shape index (κ1) is 11.3. The largest absolute Gasteiger partial charge is 0.478 e. The Labute approximate surface area is 101 Å². The van der Waals surface area contributed by atoms with Crippen LogP contribution in [-0.4, -0.2) is 26.3 Å². The highest BCUT2D eigenvalue weighted by Gasteiger charge is 2.12. The van der Waals surface area contributed by atoms with Gasteiger partial charge in [-0.25, -0.2) is 4.79 Å². The fraction of sp³-hybridized carbons (Fsp3) is 0. The molecule has 2 aromatic heterocycles. The number of pyridine rings is 1. The minimum absolute atomic E-state index is 0.00301. The predicted octanol–water partition coefficient (Wildman–Crippen LogP) is 2.02. The van der Waals surface area contributed by atoms with Crippen molar-refractivity contribution in [2.45, 2.75) is 0 Å². The first-order valence-corrected chi connectivity index (χ1v) is 4.89. The highest BCUT2D eigenvalue weighted by atomic mass is 35.5. The molecule has 0 unspecified atom stereocenters. The minimum Gasteiger partial charge on any atom is -0.478 e. The van der Waals surface area contributed by atoms with Gasteiger partial charge in [0.05, 0.1) is 6.20 Å². The molecule has 0 atom stereocenters. The van der Waals surface area contributed by atoms with Crippen LogP contribution in [0, 0.1) is 0 Å². The first-order valence-electron chi connectivity index (χ1n) is 4.51. The topological polar surface area (TPSA) is 85.2 Å². The summed E-state index contributed by atoms with van der Waals surface area (Å²) in [6, 6.07) is 4.30. The van der Waals surface area contributed by atoms with Crippen molar-refractivity contribution in [1.29, 1.82) is 0 Å². The monoisotopic (exact) mass is 251 g/mol. The molecule has 17 heavy (non-hydrogen) atoms. The standard InChI is InChI=1S/C10H6ClN3O3/c11-8-1-2-9(14-13-8)17-7-5-12-4-3-6(7)10(15)16/h1-5H,(H,15,16). The first-order chi connectivity index (χ1) is 8.16. The van der Waals surface area contributed by atoms with Gasteiger partial charge in [0.25, 0.3) is 0 Å². The Balaban J connectivity index is 2.30. The van der Waals surface area contributed by atoms with Crippen molar-refractivity contribution in [3.8, 4) is 11.6 Å². The van der Waals surface area contributed by atoms with Gasteiger partial charge in [-0.2, -0.15) is 0 Å². The van der Waals surface area contributed by atoms with Gasteiger partial charge in [-0.15, -0.1) is 10.2 Å². The summed E-state index contributed by atoms with van der Waals surface area (Å²) in [5, 5.41) is 16.4. The normalized spacial score (nSPS) is 9.94. The van der Waals surface area contributed by atoms with E-state index in [-0.39, 0.29) is 22.3 Å². The molecule has 0 bridgehead atoms. The summed E-state index contributed by atoms with van der Waals surface area (Å²) in [6.45, 7) is 0. The van der Waals surface area contributed by atoms with Crippen LogP contribution in [0.1, 0.15) is 10.4 Å². The predicted molar refractivity (Wildman–Crippen MR) is 58.3 cm³/mol. The molecule has 0 saturated heterocycles. The fourth-order valence-electron chi connectivity index (χ4n) is 1.11. The van der Waals surface area contributed by atoms with E-state index in [9.17, 15) is 4.79 Å². The van der Waals surface area contributed by atoms with Crippen molar-refractivity contribution in [2.75, 3.05) is 0 Å². The molecule has 0 fully saturated rings. The summed E-state index contributed by atoms with van der Waals surface area (Å²) in [5.74, 6) is -0.870. The van der Waals surface area contributed by atoms with Crippen molar-refractivity contribution < 1.29 is 14.6 Å². The average Bonchev–Trinajstić information content (AvgIpc) is 2.32. The lowest BCUT2D eigenvalue weighted by Crippen LogP contribution is -2.01. The molecule has 0 aliphatic rings. The zero-order valence-corrected chi connectivity index (χ0v) is 9.13. The number of carbonyl (C=O) groups is 1. The number of carboxylic acid groups (broad SMARTS) is 1. The Bertz CT molecular complexity index is 545. The van der Waals surface area contributed by atoms with Gasteiger partial charge in [0.1, 0.15) is 5.56 Å². The molecule has 0 saturated carbocycles. The van der Waals surface area contributed by atoms with Crippen LogP contribution in [0.15, 0.2) is 30.6 Å². The van der Waals surface area contributed by atoms with Crippen molar-refractivity contribution in [1.82, 2.24) is 15.2 Å². The Kier molecular flexibility index (Phi) is 3.15. The highest BCUT2D eigenvalue weighted by molar-refractivity contribution is 6.29. The molecule has 2 rings (SSSR count). The van der Waals surface area contributed by atoms with Gasteiger partial charge in [0, 0.05) is 12.3 Å². The number of hydrogen-bond donors (Lipinski definition) is 1. The van der Waals surface area contributed by atoms with Crippen molar-refractivity contribution in [3.63, 3.8) is 0 Å². The third kappa shape index (κ3) is 2.67. The summed E-state index contributed by atoms with van der Waals surface area (Å²) in [7, 11) is 0. The summed E-state index contributed by atoms with van der Waals surface area (Å²) in [5.41, 5.74) is -0.00301. The lowest BCUT2D eigenvalue weighted by Gasteiger charge is -2.05. The molecular weight excluding hydrogens is 246 g/mol. The van der Waals surface area contributed by atoms with E-state index in [2.05, 4.69) is 15.2 Å². The van der Waals surface area contributed by atoms with E-state index in [1.165, 1.54) is 30.6 Å². The van der Waals surface area contributed by atoms with Gasteiger partial charge in [-0.3, -0.25) is 4.98 Å². The van der Waals surface area contributed by atoms with Gasteiger partial charge in [0.2, 0.25) is 5.88 Å². The summed E-state index contributed by atoms with van der Waals surface area (Å²) in [4.78, 5) is 14.7. The Morgan fingerprint density at radius 3 is 2.76 bits per heavy atom. The molecule has 0 radical (unpaired) electrons. The van der Waals surface area contributed by atoms with E-state index in [1.54, 1.807) is 0 Å². The van der Waals surface area contributed by atoms with Crippen molar-refractivity contribution in [2.24, 2.45) is 0 Å². The number of aromatic carboxylic acids is 1. The highest BCUT2D eigenvalue weighted by Crippen LogP contribution is 2.22. The Morgan fingerprint density at radius 1 is 1.29 bits per heavy atom. The molecule has 0 amide bonds. The minimum atomic E-state index is -1.11. The second-order valence-electron chi connectivity index (χ2n) is 2.97. The van der Waals surface area contributed by atoms with Crippen molar-refractivity contribution >= 4 is 17.6 Å². The molecule has 2 heterocycles. The molecule has 1 N–H and O–H groups in total. The Hall–Kier alpha value is -2.21. The maximum absolute atomic E-state index is 10.9. The lowest BCUT2D eigenvalue weighted by atomic mass is 10.2. The van der Waals surface area contributed by atoms with E-state index < -0.39 is 5.97 Å². The summed E-state index contributed by atoms with van der Waals surface area (Å²) < 4.78 is 5.25. The van der Waals surface area contributed by atoms with Crippen LogP contribution in [0.4, 0.5) is 0 Å². The zero-order valence-electron chi connectivity index (χ0n) is 8.37. The van der Waals surface area contributed by atoms with E-state index in [1.807, 2.05) is 0 Å². The number of ether oxygens (including phenoxy) is 1. The maximum atomic E-state index is 10.9. The quantitative estimate of drug-likeness (QED) is 0.898. The van der Waals surface area contributed by atoms with E-state index >= 15 is 0 Å². The van der Waals surface area contributed by atoms with Crippen LogP contribution in [0.3, 0.4) is 0 Å². The van der Waals surface area contributed by atoms with Crippen molar-refractivity contribution in [3.05, 3.63) is 41.3 Å². The molecule has 2 aromatic rings. The number of hydrogen-bond acceptors (Lipinski definition) is 5. The molecule has 0 aliphatic heterocycles. The summed E-state index contributed by atoms with van der Waals surface area (Å²) >= 11 is 5.56.